The van der Waals surface area contributed by atoms with Crippen molar-refractivity contribution in [3.63, 3.8) is 0 Å². The zero-order chi connectivity index (χ0) is 7.49. The molecule has 0 radical (unpaired) electrons. The van der Waals surface area contributed by atoms with Crippen LogP contribution in [0.25, 0.3) is 0 Å². The third-order valence-electron chi connectivity index (χ3n) is 0.533. The van der Waals surface area contributed by atoms with Gasteiger partial charge in [-0.1, -0.05) is 0 Å². The minimum atomic E-state index is -3.53. The van der Waals surface area contributed by atoms with Crippen LogP contribution in [0.15, 0.2) is 0 Å². The van der Waals surface area contributed by atoms with Gasteiger partial charge in [-0.25, -0.2) is 0 Å². The topological polar surface area (TPSA) is 40.1 Å². The van der Waals surface area contributed by atoms with Gasteiger partial charge in [0.15, 0.2) is 0 Å². The van der Waals surface area contributed by atoms with Crippen LogP contribution in [0.4, 0.5) is 8.78 Å². The Balaban J connectivity index is 3.85. The van der Waals surface area contributed by atoms with E-state index in [1.165, 1.54) is 6.92 Å². The van der Waals surface area contributed by atoms with Gasteiger partial charge in [0.1, 0.15) is 0 Å². The summed E-state index contributed by atoms with van der Waals surface area (Å²) in [5.74, 6) is -2.24. The van der Waals surface area contributed by atoms with Crippen LogP contribution in [0.3, 0.4) is 0 Å². The summed E-state index contributed by atoms with van der Waals surface area (Å²) in [6.45, 7) is 1.53. The Kier molecular flexibility index (Phi) is 3.31. The average molecular weight is 250 g/mol. The predicted octanol–water partition coefficient (Wildman–Crippen LogP) is -3.56. The van der Waals surface area contributed by atoms with Gasteiger partial charge in [0.05, 0.1) is 0 Å². The number of carbonyl (C=O) groups is 1. The van der Waals surface area contributed by atoms with E-state index in [4.69, 9.17) is 0 Å². The maximum absolute atomic E-state index is 11.9. The number of halogens is 3. The van der Waals surface area contributed by atoms with E-state index in [0.29, 0.717) is 0 Å². The Bertz CT molecular complexity index is 115. The second-order valence-corrected chi connectivity index (χ2v) is 4.83. The van der Waals surface area contributed by atoms with Gasteiger partial charge in [-0.05, 0) is 0 Å². The molecule has 0 aromatic rings. The van der Waals surface area contributed by atoms with E-state index < -0.39 is 31.1 Å². The summed E-state index contributed by atoms with van der Waals surface area (Å²) in [5, 5.41) is 9.58. The summed E-state index contributed by atoms with van der Waals surface area (Å²) in [6, 6.07) is 0. The van der Waals surface area contributed by atoms with Gasteiger partial charge in [-0.15, -0.1) is 0 Å². The molecule has 0 saturated heterocycles. The number of alkyl halides is 4. The van der Waals surface area contributed by atoms with Crippen LogP contribution < -0.4 is 26.3 Å². The molecule has 5 heteroatoms. The Labute approximate surface area is 61.5 Å². The van der Waals surface area contributed by atoms with Crippen molar-refractivity contribution in [1.29, 1.82) is 0 Å². The molecule has 0 amide bonds. The van der Waals surface area contributed by atoms with Crippen molar-refractivity contribution in [2.24, 2.45) is 0 Å². The molecular weight excluding hydrogens is 245 g/mol. The molecule has 0 aliphatic heterocycles. The normalized spacial score (nSPS) is 11.9. The van der Waals surface area contributed by atoms with Crippen molar-refractivity contribution in [2.75, 3.05) is 4.43 Å². The van der Waals surface area contributed by atoms with Crippen molar-refractivity contribution in [2.45, 2.75) is 10.9 Å². The first-order chi connectivity index (χ1) is 4.00. The Morgan fingerprint density at radius 3 is 2.33 bits per heavy atom. The predicted molar refractivity (Wildman–Crippen MR) is 20.5 cm³/mol. The van der Waals surface area contributed by atoms with E-state index in [1.54, 1.807) is 0 Å². The van der Waals surface area contributed by atoms with E-state index >= 15 is 0 Å². The molecule has 0 spiro atoms. The van der Waals surface area contributed by atoms with Gasteiger partial charge in [-0.2, -0.15) is 0 Å². The van der Waals surface area contributed by atoms with Gasteiger partial charge in [0.2, 0.25) is 0 Å². The van der Waals surface area contributed by atoms with Gasteiger partial charge < -0.3 is 0 Å². The molecule has 0 aromatic heterocycles. The van der Waals surface area contributed by atoms with Gasteiger partial charge in [-0.3, -0.25) is 0 Å². The zero-order valence-electron chi connectivity index (χ0n) is 4.66. The number of aliphatic carboxylic acids is 1. The minimum absolute atomic E-state index is 0.250. The zero-order valence-corrected chi connectivity index (χ0v) is 6.81. The average Bonchev–Trinajstić information content (AvgIpc) is 1.65. The monoisotopic (exact) mass is 250 g/mol. The quantitative estimate of drug-likeness (QED) is 0.384. The van der Waals surface area contributed by atoms with Crippen LogP contribution in [0.5, 0.6) is 0 Å². The van der Waals surface area contributed by atoms with Crippen molar-refractivity contribution in [1.82, 2.24) is 0 Å². The van der Waals surface area contributed by atoms with Gasteiger partial charge in [0, 0.05) is 0 Å². The number of hydrogen-bond acceptors (Lipinski definition) is 2. The van der Waals surface area contributed by atoms with Crippen molar-refractivity contribution >= 4 is 5.97 Å². The molecule has 0 aliphatic rings. The molecule has 0 fully saturated rings. The second kappa shape index (κ2) is 3.28. The molecule has 0 rings (SSSR count). The first-order valence-corrected chi connectivity index (χ1v) is 4.80. The summed E-state index contributed by atoms with van der Waals surface area (Å²) >= 11 is -1.55. The fourth-order valence-electron chi connectivity index (χ4n) is 0.222. The Hall–Kier alpha value is 0.0600. The van der Waals surface area contributed by atoms with Crippen LogP contribution >= 0.6 is 0 Å². The third kappa shape index (κ3) is 2.92. The first kappa shape index (κ1) is 9.06. The summed E-state index contributed by atoms with van der Waals surface area (Å²) in [5.41, 5.74) is 0. The molecule has 0 N–H and O–H groups in total. The van der Waals surface area contributed by atoms with E-state index in [9.17, 15) is 18.7 Å². The van der Waals surface area contributed by atoms with Crippen LogP contribution in [0.1, 0.15) is 6.92 Å². The molecule has 9 heavy (non-hydrogen) atoms. The van der Waals surface area contributed by atoms with Crippen molar-refractivity contribution in [3.8, 4) is 0 Å². The van der Waals surface area contributed by atoms with Gasteiger partial charge >= 0.3 is 61.1 Å². The fraction of sp³-hybridized carbons (Fsp3) is 0.750. The van der Waals surface area contributed by atoms with E-state index in [0.717, 1.165) is 0 Å². The number of hydrogen-bond donors (Lipinski definition) is 0. The maximum atomic E-state index is 11.9. The molecule has 0 heterocycles. The molecule has 0 atom stereocenters. The fourth-order valence-corrected chi connectivity index (χ4v) is 1.49. The Morgan fingerprint density at radius 2 is 2.22 bits per heavy atom. The molecular formula is C4H5F2IO2-2. The summed E-state index contributed by atoms with van der Waals surface area (Å²) < 4.78 is 20.6. The van der Waals surface area contributed by atoms with Crippen molar-refractivity contribution < 1.29 is 39.9 Å². The molecule has 0 saturated carbocycles. The standard InChI is InChI=1S/C4H6F2IO2/c1-2-7-4(5,6)3(8)9/h2H2,1H3,(H,8,9)/q-1/p-1. The summed E-state index contributed by atoms with van der Waals surface area (Å²) in [7, 11) is 0. The van der Waals surface area contributed by atoms with E-state index in [2.05, 4.69) is 0 Å². The first-order valence-electron chi connectivity index (χ1n) is 2.20. The third-order valence-corrected chi connectivity index (χ3v) is 2.69. The number of carboxylic acids is 1. The van der Waals surface area contributed by atoms with E-state index in [1.807, 2.05) is 0 Å². The molecule has 0 aromatic carbocycles. The Morgan fingerprint density at radius 1 is 1.78 bits per heavy atom. The van der Waals surface area contributed by atoms with Crippen LogP contribution in [0.2, 0.25) is 0 Å². The van der Waals surface area contributed by atoms with Crippen LogP contribution in [0, 0.1) is 0 Å². The molecule has 0 bridgehead atoms. The molecule has 0 aliphatic carbocycles. The number of carbonyl (C=O) groups excluding carboxylic acids is 1. The number of rotatable bonds is 3. The molecule has 2 nitrogen and oxygen atoms in total. The molecule has 56 valence electrons. The van der Waals surface area contributed by atoms with Gasteiger partial charge in [0.25, 0.3) is 0 Å². The van der Waals surface area contributed by atoms with Crippen molar-refractivity contribution in [3.05, 3.63) is 0 Å². The number of carboxylic acid groups (broad SMARTS) is 1. The second-order valence-electron chi connectivity index (χ2n) is 1.19. The van der Waals surface area contributed by atoms with E-state index in [-0.39, 0.29) is 4.43 Å². The summed E-state index contributed by atoms with van der Waals surface area (Å²) in [4.78, 5) is 9.58. The van der Waals surface area contributed by atoms with Crippen LogP contribution in [-0.4, -0.2) is 14.3 Å². The SMILES string of the molecule is CC[I-]C(F)(F)C(=O)[O-]. The molecule has 0 unspecified atom stereocenters. The summed E-state index contributed by atoms with van der Waals surface area (Å²) in [6.07, 6.45) is 0. The van der Waals surface area contributed by atoms with Crippen LogP contribution in [-0.2, 0) is 4.79 Å².